The predicted molar refractivity (Wildman–Crippen MR) is 44.9 cm³/mol. The van der Waals surface area contributed by atoms with Gasteiger partial charge in [-0.2, -0.15) is 0 Å². The van der Waals surface area contributed by atoms with Crippen molar-refractivity contribution in [2.75, 3.05) is 20.2 Å². The highest BCUT2D eigenvalue weighted by Gasteiger charge is 2.45. The van der Waals surface area contributed by atoms with E-state index in [4.69, 9.17) is 4.74 Å². The monoisotopic (exact) mass is 169 g/mol. The standard InChI is InChI=1S/C9H15NO2/c1-6(11)8-9-7(3-4-12-9)5-10(8)2/h7-9H,3-5H2,1-2H3. The lowest BCUT2D eigenvalue weighted by Gasteiger charge is -2.20. The molecule has 0 aromatic heterocycles. The minimum atomic E-state index is 0.0255. The summed E-state index contributed by atoms with van der Waals surface area (Å²) in [6.07, 6.45) is 1.31. The summed E-state index contributed by atoms with van der Waals surface area (Å²) in [5.74, 6) is 0.843. The number of carbonyl (C=O) groups excluding carboxylic acids is 1. The molecule has 2 aliphatic heterocycles. The highest BCUT2D eigenvalue weighted by Crippen LogP contribution is 2.32. The molecule has 0 saturated carbocycles. The van der Waals surface area contributed by atoms with Gasteiger partial charge in [0.2, 0.25) is 0 Å². The number of hydrogen-bond donors (Lipinski definition) is 0. The van der Waals surface area contributed by atoms with Crippen molar-refractivity contribution >= 4 is 5.78 Å². The Balaban J connectivity index is 2.15. The molecule has 68 valence electrons. The molecule has 3 atom stereocenters. The summed E-state index contributed by atoms with van der Waals surface area (Å²) in [4.78, 5) is 13.4. The van der Waals surface area contributed by atoms with Crippen molar-refractivity contribution in [2.45, 2.75) is 25.5 Å². The van der Waals surface area contributed by atoms with Gasteiger partial charge in [-0.05, 0) is 20.4 Å². The number of fused-ring (bicyclic) bond motifs is 1. The third-order valence-electron chi connectivity index (χ3n) is 2.99. The first-order chi connectivity index (χ1) is 5.70. The zero-order valence-electron chi connectivity index (χ0n) is 7.62. The number of hydrogen-bond acceptors (Lipinski definition) is 3. The molecule has 0 spiro atoms. The van der Waals surface area contributed by atoms with Crippen molar-refractivity contribution in [2.24, 2.45) is 5.92 Å². The quantitative estimate of drug-likeness (QED) is 0.565. The molecule has 0 N–H and O–H groups in total. The molecule has 0 radical (unpaired) electrons. The van der Waals surface area contributed by atoms with Crippen LogP contribution in [0.15, 0.2) is 0 Å². The minimum Gasteiger partial charge on any atom is -0.376 e. The maximum absolute atomic E-state index is 11.3. The van der Waals surface area contributed by atoms with Gasteiger partial charge in [-0.25, -0.2) is 0 Å². The number of nitrogens with zero attached hydrogens (tertiary/aromatic N) is 1. The van der Waals surface area contributed by atoms with Crippen LogP contribution in [-0.2, 0) is 9.53 Å². The van der Waals surface area contributed by atoms with Crippen LogP contribution in [-0.4, -0.2) is 43.0 Å². The second-order valence-electron chi connectivity index (χ2n) is 3.88. The lowest BCUT2D eigenvalue weighted by atomic mass is 10.00. The maximum atomic E-state index is 11.3. The van der Waals surface area contributed by atoms with E-state index in [1.54, 1.807) is 6.92 Å². The molecule has 0 amide bonds. The molecule has 2 saturated heterocycles. The molecule has 2 aliphatic rings. The van der Waals surface area contributed by atoms with Gasteiger partial charge in [-0.1, -0.05) is 0 Å². The molecule has 2 heterocycles. The molecule has 3 nitrogen and oxygen atoms in total. The molecule has 0 aromatic carbocycles. The van der Waals surface area contributed by atoms with Gasteiger partial charge in [0.05, 0.1) is 12.1 Å². The van der Waals surface area contributed by atoms with Gasteiger partial charge >= 0.3 is 0 Å². The fraction of sp³-hybridized carbons (Fsp3) is 0.889. The van der Waals surface area contributed by atoms with E-state index in [2.05, 4.69) is 4.90 Å². The Morgan fingerprint density at radius 1 is 1.58 bits per heavy atom. The van der Waals surface area contributed by atoms with E-state index in [0.29, 0.717) is 5.92 Å². The molecular formula is C9H15NO2. The Labute approximate surface area is 72.7 Å². The van der Waals surface area contributed by atoms with Crippen LogP contribution in [0.3, 0.4) is 0 Å². The summed E-state index contributed by atoms with van der Waals surface area (Å²) >= 11 is 0. The molecule has 0 aromatic rings. The number of likely N-dealkylation sites (N-methyl/N-ethyl adjacent to an activating group) is 1. The predicted octanol–water partition coefficient (Wildman–Crippen LogP) is 0.294. The average Bonchev–Trinajstić information content (AvgIpc) is 2.44. The molecule has 2 fully saturated rings. The normalized spacial score (nSPS) is 41.7. The first kappa shape index (κ1) is 8.20. The van der Waals surface area contributed by atoms with Crippen LogP contribution in [0.4, 0.5) is 0 Å². The molecule has 3 heteroatoms. The number of rotatable bonds is 1. The zero-order chi connectivity index (χ0) is 8.72. The van der Waals surface area contributed by atoms with Crippen LogP contribution in [0.1, 0.15) is 13.3 Å². The smallest absolute Gasteiger partial charge is 0.149 e. The first-order valence-corrected chi connectivity index (χ1v) is 4.52. The van der Waals surface area contributed by atoms with Crippen LogP contribution in [0, 0.1) is 5.92 Å². The molecule has 0 bridgehead atoms. The second kappa shape index (κ2) is 2.82. The Hall–Kier alpha value is -0.410. The lowest BCUT2D eigenvalue weighted by molar-refractivity contribution is -0.123. The molecule has 2 rings (SSSR count). The summed E-state index contributed by atoms with van der Waals surface area (Å²) in [5, 5.41) is 0. The number of Topliss-reactive ketones (excluding diaryl/α,β-unsaturated/α-hetero) is 1. The highest BCUT2D eigenvalue weighted by molar-refractivity contribution is 5.82. The van der Waals surface area contributed by atoms with Crippen molar-refractivity contribution < 1.29 is 9.53 Å². The molecule has 0 aliphatic carbocycles. The summed E-state index contributed by atoms with van der Waals surface area (Å²) in [6, 6.07) is 0.0255. The second-order valence-corrected chi connectivity index (χ2v) is 3.88. The van der Waals surface area contributed by atoms with E-state index in [0.717, 1.165) is 19.6 Å². The van der Waals surface area contributed by atoms with Crippen LogP contribution >= 0.6 is 0 Å². The van der Waals surface area contributed by atoms with Crippen LogP contribution in [0.5, 0.6) is 0 Å². The van der Waals surface area contributed by atoms with Crippen LogP contribution in [0.2, 0.25) is 0 Å². The molecular weight excluding hydrogens is 154 g/mol. The van der Waals surface area contributed by atoms with Crippen molar-refractivity contribution in [3.8, 4) is 0 Å². The average molecular weight is 169 g/mol. The van der Waals surface area contributed by atoms with E-state index in [-0.39, 0.29) is 17.9 Å². The Bertz CT molecular complexity index is 205. The fourth-order valence-corrected chi connectivity index (χ4v) is 2.48. The first-order valence-electron chi connectivity index (χ1n) is 4.52. The van der Waals surface area contributed by atoms with Crippen molar-refractivity contribution in [3.63, 3.8) is 0 Å². The number of likely N-dealkylation sites (tertiary alicyclic amines) is 1. The highest BCUT2D eigenvalue weighted by atomic mass is 16.5. The SMILES string of the molecule is CC(=O)C1C2OCCC2CN1C. The van der Waals surface area contributed by atoms with Crippen molar-refractivity contribution in [3.05, 3.63) is 0 Å². The lowest BCUT2D eigenvalue weighted by Crippen LogP contribution is -2.39. The van der Waals surface area contributed by atoms with Crippen molar-refractivity contribution in [1.82, 2.24) is 4.90 Å². The topological polar surface area (TPSA) is 29.5 Å². The minimum absolute atomic E-state index is 0.0255. The van der Waals surface area contributed by atoms with Gasteiger partial charge in [0.1, 0.15) is 5.78 Å². The van der Waals surface area contributed by atoms with Gasteiger partial charge < -0.3 is 4.74 Å². The Morgan fingerprint density at radius 2 is 2.33 bits per heavy atom. The number of ether oxygens (including phenoxy) is 1. The van der Waals surface area contributed by atoms with E-state index in [9.17, 15) is 4.79 Å². The van der Waals surface area contributed by atoms with Crippen LogP contribution < -0.4 is 0 Å². The van der Waals surface area contributed by atoms with Crippen LogP contribution in [0.25, 0.3) is 0 Å². The zero-order valence-corrected chi connectivity index (χ0v) is 7.62. The van der Waals surface area contributed by atoms with E-state index >= 15 is 0 Å². The fourth-order valence-electron chi connectivity index (χ4n) is 2.48. The van der Waals surface area contributed by atoms with Gasteiger partial charge in [-0.3, -0.25) is 9.69 Å². The van der Waals surface area contributed by atoms with E-state index in [1.807, 2.05) is 7.05 Å². The Morgan fingerprint density at radius 3 is 3.00 bits per heavy atom. The van der Waals surface area contributed by atoms with E-state index in [1.165, 1.54) is 0 Å². The largest absolute Gasteiger partial charge is 0.376 e. The van der Waals surface area contributed by atoms with Gasteiger partial charge in [0.15, 0.2) is 0 Å². The maximum Gasteiger partial charge on any atom is 0.149 e. The molecule has 3 unspecified atom stereocenters. The molecule has 12 heavy (non-hydrogen) atoms. The Kier molecular flexibility index (Phi) is 1.93. The summed E-state index contributed by atoms with van der Waals surface area (Å²) in [7, 11) is 2.01. The summed E-state index contributed by atoms with van der Waals surface area (Å²) in [6.45, 7) is 3.52. The van der Waals surface area contributed by atoms with Gasteiger partial charge in [0.25, 0.3) is 0 Å². The third-order valence-corrected chi connectivity index (χ3v) is 2.99. The van der Waals surface area contributed by atoms with Crippen molar-refractivity contribution in [1.29, 1.82) is 0 Å². The van der Waals surface area contributed by atoms with Gasteiger partial charge in [-0.15, -0.1) is 0 Å². The van der Waals surface area contributed by atoms with E-state index < -0.39 is 0 Å². The third kappa shape index (κ3) is 1.08. The van der Waals surface area contributed by atoms with Gasteiger partial charge in [0, 0.05) is 19.1 Å². The summed E-state index contributed by atoms with van der Waals surface area (Å²) < 4.78 is 5.56. The number of ketones is 1. The summed E-state index contributed by atoms with van der Waals surface area (Å²) in [5.41, 5.74) is 0. The number of carbonyl (C=O) groups is 1.